The fourth-order valence-electron chi connectivity index (χ4n) is 3.70. The van der Waals surface area contributed by atoms with Gasteiger partial charge in [-0.2, -0.15) is 0 Å². The number of nitrogen functional groups attached to an aromatic ring is 1. The Morgan fingerprint density at radius 2 is 2.00 bits per heavy atom. The fourth-order valence-corrected chi connectivity index (χ4v) is 3.70. The number of hydrogen-bond donors (Lipinski definition) is 1. The van der Waals surface area contributed by atoms with Gasteiger partial charge in [0.2, 0.25) is 5.95 Å². The number of ether oxygens (including phenoxy) is 1. The van der Waals surface area contributed by atoms with Gasteiger partial charge >= 0.3 is 0 Å². The molecule has 0 saturated carbocycles. The first-order chi connectivity index (χ1) is 13.2. The molecule has 4 rings (SSSR count). The molecule has 0 bridgehead atoms. The molecule has 0 radical (unpaired) electrons. The summed E-state index contributed by atoms with van der Waals surface area (Å²) in [7, 11) is 0. The molecule has 2 aliphatic rings. The topological polar surface area (TPSA) is 111 Å². The molecule has 0 aromatic carbocycles. The average molecular weight is 379 g/mol. The van der Waals surface area contributed by atoms with Gasteiger partial charge in [0.25, 0.3) is 5.91 Å². The molecule has 28 heavy (non-hydrogen) atoms. The predicted octanol–water partition coefficient (Wildman–Crippen LogP) is 2.18. The number of aromatic nitrogens is 3. The van der Waals surface area contributed by atoms with Crippen LogP contribution in [0.25, 0.3) is 11.3 Å². The maximum Gasteiger partial charge on any atom is 0.289 e. The smallest absolute Gasteiger partial charge is 0.289 e. The summed E-state index contributed by atoms with van der Waals surface area (Å²) in [5.74, 6) is -0.250. The highest BCUT2D eigenvalue weighted by Gasteiger charge is 2.39. The standard InChI is InChI=1S/C20H21N5O3/c1-11-16-14(17(24-19(21)23-16)12-4-6-22-7-5-12)10-25(11)18(27)15-8-13(26)9-20(2,3)28-15/h4-8,11H,9-10H2,1-3H3,(H2,21,23,24)/t11-/m1/s1. The minimum atomic E-state index is -0.709. The highest BCUT2D eigenvalue weighted by atomic mass is 16.5. The molecule has 4 heterocycles. The minimum absolute atomic E-state index is 0.0623. The van der Waals surface area contributed by atoms with Crippen LogP contribution in [0.2, 0.25) is 0 Å². The van der Waals surface area contributed by atoms with Crippen molar-refractivity contribution in [3.05, 3.63) is 47.6 Å². The first kappa shape index (κ1) is 18.1. The van der Waals surface area contributed by atoms with Crippen LogP contribution in [0.3, 0.4) is 0 Å². The number of rotatable bonds is 2. The van der Waals surface area contributed by atoms with E-state index in [1.54, 1.807) is 31.1 Å². The fraction of sp³-hybridized carbons (Fsp3) is 0.350. The van der Waals surface area contributed by atoms with Crippen molar-refractivity contribution >= 4 is 17.6 Å². The number of anilines is 1. The molecule has 8 heteroatoms. The van der Waals surface area contributed by atoms with Crippen molar-refractivity contribution in [3.8, 4) is 11.3 Å². The van der Waals surface area contributed by atoms with Gasteiger partial charge in [0.05, 0.1) is 24.0 Å². The number of fused-ring (bicyclic) bond motifs is 1. The van der Waals surface area contributed by atoms with Gasteiger partial charge in [0.15, 0.2) is 11.5 Å². The molecule has 2 aliphatic heterocycles. The van der Waals surface area contributed by atoms with Crippen LogP contribution in [0.4, 0.5) is 5.95 Å². The normalized spacial score (nSPS) is 20.4. The van der Waals surface area contributed by atoms with Crippen LogP contribution < -0.4 is 5.73 Å². The lowest BCUT2D eigenvalue weighted by Gasteiger charge is -2.32. The predicted molar refractivity (Wildman–Crippen MR) is 102 cm³/mol. The summed E-state index contributed by atoms with van der Waals surface area (Å²) in [4.78, 5) is 39.6. The van der Waals surface area contributed by atoms with Gasteiger partial charge in [-0.1, -0.05) is 0 Å². The van der Waals surface area contributed by atoms with Crippen LogP contribution >= 0.6 is 0 Å². The van der Waals surface area contributed by atoms with E-state index in [0.717, 1.165) is 11.1 Å². The molecule has 144 valence electrons. The minimum Gasteiger partial charge on any atom is -0.481 e. The van der Waals surface area contributed by atoms with Gasteiger partial charge in [0.1, 0.15) is 5.60 Å². The second-order valence-corrected chi connectivity index (χ2v) is 7.65. The molecule has 0 saturated heterocycles. The van der Waals surface area contributed by atoms with E-state index in [1.807, 2.05) is 19.1 Å². The number of amides is 1. The number of carbonyl (C=O) groups excluding carboxylic acids is 2. The van der Waals surface area contributed by atoms with E-state index in [4.69, 9.17) is 10.5 Å². The third-order valence-corrected chi connectivity index (χ3v) is 4.95. The molecular formula is C20H21N5O3. The Morgan fingerprint density at radius 3 is 2.68 bits per heavy atom. The molecule has 1 amide bonds. The van der Waals surface area contributed by atoms with E-state index >= 15 is 0 Å². The van der Waals surface area contributed by atoms with Gasteiger partial charge in [0, 0.05) is 36.0 Å². The Labute approximate surface area is 162 Å². The Morgan fingerprint density at radius 1 is 1.29 bits per heavy atom. The van der Waals surface area contributed by atoms with E-state index in [1.165, 1.54) is 6.08 Å². The highest BCUT2D eigenvalue weighted by Crippen LogP contribution is 2.39. The zero-order valence-corrected chi connectivity index (χ0v) is 16.0. The molecule has 0 aliphatic carbocycles. The van der Waals surface area contributed by atoms with Gasteiger partial charge in [-0.25, -0.2) is 9.97 Å². The maximum atomic E-state index is 13.1. The SMILES string of the molecule is C[C@@H]1c2nc(N)nc(-c3ccncc3)c2CN1C(=O)C1=CC(=O)CC(C)(C)O1. The lowest BCUT2D eigenvalue weighted by Crippen LogP contribution is -2.38. The number of hydrogen-bond acceptors (Lipinski definition) is 7. The molecule has 0 spiro atoms. The first-order valence-corrected chi connectivity index (χ1v) is 9.06. The largest absolute Gasteiger partial charge is 0.481 e. The molecule has 0 unspecified atom stereocenters. The quantitative estimate of drug-likeness (QED) is 0.851. The molecule has 2 aromatic heterocycles. The van der Waals surface area contributed by atoms with Crippen LogP contribution in [0.1, 0.15) is 44.5 Å². The Balaban J connectivity index is 1.71. The van der Waals surface area contributed by atoms with Crippen LogP contribution in [-0.4, -0.2) is 37.1 Å². The highest BCUT2D eigenvalue weighted by molar-refractivity contribution is 6.02. The summed E-state index contributed by atoms with van der Waals surface area (Å²) < 4.78 is 5.78. The Bertz CT molecular complexity index is 1000. The Kier molecular flexibility index (Phi) is 4.14. The summed E-state index contributed by atoms with van der Waals surface area (Å²) in [6, 6.07) is 3.36. The monoisotopic (exact) mass is 379 g/mol. The number of carbonyl (C=O) groups is 2. The molecule has 2 aromatic rings. The van der Waals surface area contributed by atoms with Crippen molar-refractivity contribution in [3.63, 3.8) is 0 Å². The van der Waals surface area contributed by atoms with E-state index in [0.29, 0.717) is 17.9 Å². The number of allylic oxidation sites excluding steroid dienone is 1. The lowest BCUT2D eigenvalue weighted by molar-refractivity contribution is -0.139. The summed E-state index contributed by atoms with van der Waals surface area (Å²) >= 11 is 0. The second-order valence-electron chi connectivity index (χ2n) is 7.65. The molecule has 2 N–H and O–H groups in total. The number of ketones is 1. The van der Waals surface area contributed by atoms with Crippen LogP contribution in [-0.2, 0) is 20.9 Å². The number of pyridine rings is 1. The number of nitrogens with two attached hydrogens (primary N) is 1. The zero-order valence-electron chi connectivity index (χ0n) is 16.0. The van der Waals surface area contributed by atoms with E-state index in [-0.39, 0.29) is 35.9 Å². The maximum absolute atomic E-state index is 13.1. The van der Waals surface area contributed by atoms with E-state index in [2.05, 4.69) is 15.0 Å². The van der Waals surface area contributed by atoms with Crippen molar-refractivity contribution < 1.29 is 14.3 Å². The zero-order chi connectivity index (χ0) is 20.1. The molecular weight excluding hydrogens is 358 g/mol. The van der Waals surface area contributed by atoms with E-state index in [9.17, 15) is 9.59 Å². The first-order valence-electron chi connectivity index (χ1n) is 9.06. The molecule has 8 nitrogen and oxygen atoms in total. The third kappa shape index (κ3) is 3.11. The van der Waals surface area contributed by atoms with Crippen molar-refractivity contribution in [2.75, 3.05) is 5.73 Å². The van der Waals surface area contributed by atoms with Gasteiger partial charge < -0.3 is 15.4 Å². The second kappa shape index (κ2) is 6.40. The van der Waals surface area contributed by atoms with Crippen LogP contribution in [0, 0.1) is 0 Å². The van der Waals surface area contributed by atoms with Crippen molar-refractivity contribution in [1.82, 2.24) is 19.9 Å². The lowest BCUT2D eigenvalue weighted by atomic mass is 9.98. The third-order valence-electron chi connectivity index (χ3n) is 4.95. The van der Waals surface area contributed by atoms with Crippen LogP contribution in [0.5, 0.6) is 0 Å². The van der Waals surface area contributed by atoms with Crippen molar-refractivity contribution in [1.29, 1.82) is 0 Å². The summed E-state index contributed by atoms with van der Waals surface area (Å²) in [5, 5.41) is 0. The van der Waals surface area contributed by atoms with Crippen molar-refractivity contribution in [2.45, 2.75) is 45.4 Å². The summed E-state index contributed by atoms with van der Waals surface area (Å²) in [6.45, 7) is 5.77. The number of nitrogens with zero attached hydrogens (tertiary/aromatic N) is 4. The average Bonchev–Trinajstić information content (AvgIpc) is 2.96. The van der Waals surface area contributed by atoms with Gasteiger partial charge in [-0.05, 0) is 32.9 Å². The van der Waals surface area contributed by atoms with Gasteiger partial charge in [-0.3, -0.25) is 14.6 Å². The van der Waals surface area contributed by atoms with Crippen LogP contribution in [0.15, 0.2) is 36.4 Å². The Hall–Kier alpha value is -3.29. The molecule has 0 fully saturated rings. The van der Waals surface area contributed by atoms with E-state index < -0.39 is 5.60 Å². The van der Waals surface area contributed by atoms with Gasteiger partial charge in [-0.15, -0.1) is 0 Å². The van der Waals surface area contributed by atoms with Crippen molar-refractivity contribution in [2.24, 2.45) is 0 Å². The summed E-state index contributed by atoms with van der Waals surface area (Å²) in [5.41, 5.74) is 8.29. The summed E-state index contributed by atoms with van der Waals surface area (Å²) in [6.07, 6.45) is 4.88. The molecule has 1 atom stereocenters.